The number of sulfonamides is 1. The van der Waals surface area contributed by atoms with Crippen molar-refractivity contribution >= 4 is 32.4 Å². The number of benzene rings is 2. The van der Waals surface area contributed by atoms with Crippen LogP contribution in [0.1, 0.15) is 5.56 Å². The molecule has 0 aliphatic rings. The van der Waals surface area contributed by atoms with Gasteiger partial charge >= 0.3 is 0 Å². The van der Waals surface area contributed by atoms with Crippen molar-refractivity contribution in [3.8, 4) is 29.0 Å². The molecule has 0 aliphatic carbocycles. The zero-order chi connectivity index (χ0) is 24.3. The standard InChI is InChI=1S/C21H15N7O4S2/c1-23-34(31,32)16-9-7-15(8-10-16)28-19(29)14(12-22)11-17(20(28)30)25-26-21-24-18(27-33-21)13-5-3-2-4-6-13/h2-11,23,30H,1H3. The molecule has 0 amide bonds. The van der Waals surface area contributed by atoms with Crippen LogP contribution in [-0.4, -0.2) is 34.5 Å². The maximum absolute atomic E-state index is 12.7. The van der Waals surface area contributed by atoms with Crippen molar-refractivity contribution in [3.05, 3.63) is 76.6 Å². The number of nitrogens with zero attached hydrogens (tertiary/aromatic N) is 6. The molecule has 2 heterocycles. The number of hydrogen-bond acceptors (Lipinski definition) is 10. The van der Waals surface area contributed by atoms with Crippen LogP contribution >= 0.6 is 11.5 Å². The van der Waals surface area contributed by atoms with E-state index >= 15 is 0 Å². The van der Waals surface area contributed by atoms with E-state index < -0.39 is 21.5 Å². The van der Waals surface area contributed by atoms with Gasteiger partial charge in [0.15, 0.2) is 5.82 Å². The largest absolute Gasteiger partial charge is 0.493 e. The van der Waals surface area contributed by atoms with Crippen LogP contribution < -0.4 is 10.3 Å². The fourth-order valence-corrected chi connectivity index (χ4v) is 4.19. The summed E-state index contributed by atoms with van der Waals surface area (Å²) in [7, 11) is -2.42. The Bertz CT molecular complexity index is 1590. The van der Waals surface area contributed by atoms with Crippen LogP contribution in [0.15, 0.2) is 80.6 Å². The van der Waals surface area contributed by atoms with E-state index in [4.69, 9.17) is 0 Å². The third kappa shape index (κ3) is 4.46. The molecule has 0 saturated carbocycles. The summed E-state index contributed by atoms with van der Waals surface area (Å²) in [5.41, 5.74) is -0.314. The Morgan fingerprint density at radius 3 is 2.47 bits per heavy atom. The lowest BCUT2D eigenvalue weighted by Gasteiger charge is -2.11. The van der Waals surface area contributed by atoms with Gasteiger partial charge < -0.3 is 5.11 Å². The fourth-order valence-electron chi connectivity index (χ4n) is 2.94. The smallest absolute Gasteiger partial charge is 0.275 e. The number of hydrogen-bond donors (Lipinski definition) is 2. The van der Waals surface area contributed by atoms with Crippen LogP contribution in [0.25, 0.3) is 17.1 Å². The molecule has 0 bridgehead atoms. The average Bonchev–Trinajstić information content (AvgIpc) is 3.34. The van der Waals surface area contributed by atoms with Gasteiger partial charge in [-0.15, -0.1) is 10.2 Å². The molecule has 11 nitrogen and oxygen atoms in total. The number of aromatic nitrogens is 3. The summed E-state index contributed by atoms with van der Waals surface area (Å²) < 4.78 is 31.1. The average molecular weight is 494 g/mol. The first kappa shape index (κ1) is 22.9. The molecule has 0 saturated heterocycles. The normalized spacial score (nSPS) is 11.5. The van der Waals surface area contributed by atoms with Crippen molar-refractivity contribution in [2.24, 2.45) is 10.2 Å². The number of azo groups is 1. The third-order valence-corrected chi connectivity index (χ3v) is 6.67. The molecule has 0 aliphatic heterocycles. The van der Waals surface area contributed by atoms with Gasteiger partial charge in [0, 0.05) is 17.1 Å². The summed E-state index contributed by atoms with van der Waals surface area (Å²) in [6.07, 6.45) is 0. The number of nitriles is 1. The van der Waals surface area contributed by atoms with E-state index in [1.54, 1.807) is 6.07 Å². The molecule has 4 rings (SSSR count). The van der Waals surface area contributed by atoms with E-state index in [0.29, 0.717) is 5.82 Å². The summed E-state index contributed by atoms with van der Waals surface area (Å²) in [5, 5.41) is 28.2. The first-order chi connectivity index (χ1) is 16.3. The lowest BCUT2D eigenvalue weighted by Crippen LogP contribution is -2.21. The number of rotatable bonds is 6. The van der Waals surface area contributed by atoms with E-state index in [1.807, 2.05) is 30.3 Å². The van der Waals surface area contributed by atoms with Crippen LogP contribution in [0, 0.1) is 11.3 Å². The van der Waals surface area contributed by atoms with Crippen LogP contribution in [0.4, 0.5) is 10.8 Å². The molecule has 2 aromatic carbocycles. The molecular formula is C21H15N7O4S2. The van der Waals surface area contributed by atoms with Crippen molar-refractivity contribution in [2.75, 3.05) is 7.05 Å². The molecule has 0 fully saturated rings. The summed E-state index contributed by atoms with van der Waals surface area (Å²) in [6, 6.07) is 17.3. The van der Waals surface area contributed by atoms with Gasteiger partial charge in [0.05, 0.1) is 10.6 Å². The van der Waals surface area contributed by atoms with Gasteiger partial charge in [-0.05, 0) is 37.4 Å². The molecule has 170 valence electrons. The molecule has 0 atom stereocenters. The van der Waals surface area contributed by atoms with Gasteiger partial charge in [-0.3, -0.25) is 4.79 Å². The zero-order valence-electron chi connectivity index (χ0n) is 17.4. The highest BCUT2D eigenvalue weighted by Gasteiger charge is 2.18. The summed E-state index contributed by atoms with van der Waals surface area (Å²) in [5.74, 6) is -0.118. The van der Waals surface area contributed by atoms with Crippen LogP contribution in [0.2, 0.25) is 0 Å². The summed E-state index contributed by atoms with van der Waals surface area (Å²) in [4.78, 5) is 16.9. The highest BCUT2D eigenvalue weighted by atomic mass is 32.2. The second-order valence-electron chi connectivity index (χ2n) is 6.69. The molecular weight excluding hydrogens is 478 g/mol. The lowest BCUT2D eigenvalue weighted by molar-refractivity contribution is 0.436. The van der Waals surface area contributed by atoms with Crippen LogP contribution in [-0.2, 0) is 10.0 Å². The molecule has 0 spiro atoms. The fraction of sp³-hybridized carbons (Fsp3) is 0.0476. The SMILES string of the molecule is CNS(=O)(=O)c1ccc(-n2c(O)c(N=Nc3nc(-c4ccccc4)ns3)cc(C#N)c2=O)cc1. The highest BCUT2D eigenvalue weighted by molar-refractivity contribution is 7.89. The Morgan fingerprint density at radius 2 is 1.82 bits per heavy atom. The second-order valence-corrected chi connectivity index (χ2v) is 9.30. The second kappa shape index (κ2) is 9.32. The molecule has 0 unspecified atom stereocenters. The predicted octanol–water partition coefficient (Wildman–Crippen LogP) is 3.26. The molecule has 34 heavy (non-hydrogen) atoms. The van der Waals surface area contributed by atoms with Crippen molar-refractivity contribution in [3.63, 3.8) is 0 Å². The Kier molecular flexibility index (Phi) is 6.28. The maximum atomic E-state index is 12.7. The third-order valence-electron chi connectivity index (χ3n) is 4.64. The summed E-state index contributed by atoms with van der Waals surface area (Å²) in [6.45, 7) is 0. The molecule has 2 N–H and O–H groups in total. The van der Waals surface area contributed by atoms with Gasteiger partial charge in [0.1, 0.15) is 17.3 Å². The van der Waals surface area contributed by atoms with Gasteiger partial charge in [-0.25, -0.2) is 17.7 Å². The zero-order valence-corrected chi connectivity index (χ0v) is 19.1. The minimum absolute atomic E-state index is 0.0341. The number of aromatic hydroxyl groups is 1. The highest BCUT2D eigenvalue weighted by Crippen LogP contribution is 2.31. The van der Waals surface area contributed by atoms with E-state index in [0.717, 1.165) is 27.7 Å². The molecule has 4 aromatic rings. The predicted molar refractivity (Wildman–Crippen MR) is 124 cm³/mol. The minimum atomic E-state index is -3.69. The van der Waals surface area contributed by atoms with E-state index in [2.05, 4.69) is 24.3 Å². The monoisotopic (exact) mass is 493 g/mol. The molecule has 2 aromatic heterocycles. The number of pyridine rings is 1. The number of nitrogens with one attached hydrogen (secondary N) is 1. The van der Waals surface area contributed by atoms with Crippen LogP contribution in [0.5, 0.6) is 5.88 Å². The van der Waals surface area contributed by atoms with E-state index in [9.17, 15) is 23.6 Å². The molecule has 13 heteroatoms. The topological polar surface area (TPSA) is 163 Å². The van der Waals surface area contributed by atoms with Crippen LogP contribution in [0.3, 0.4) is 0 Å². The Labute approximate surface area is 197 Å². The van der Waals surface area contributed by atoms with Gasteiger partial charge in [0.25, 0.3) is 5.56 Å². The lowest BCUT2D eigenvalue weighted by atomic mass is 10.2. The van der Waals surface area contributed by atoms with E-state index in [-0.39, 0.29) is 27.0 Å². The first-order valence-corrected chi connectivity index (χ1v) is 11.8. The maximum Gasteiger partial charge on any atom is 0.275 e. The van der Waals surface area contributed by atoms with Gasteiger partial charge in [-0.2, -0.15) is 14.6 Å². The Morgan fingerprint density at radius 1 is 1.12 bits per heavy atom. The van der Waals surface area contributed by atoms with Crippen molar-refractivity contribution < 1.29 is 13.5 Å². The minimum Gasteiger partial charge on any atom is -0.493 e. The van der Waals surface area contributed by atoms with Crippen molar-refractivity contribution in [2.45, 2.75) is 4.90 Å². The van der Waals surface area contributed by atoms with Gasteiger partial charge in [-0.1, -0.05) is 30.3 Å². The van der Waals surface area contributed by atoms with Crippen molar-refractivity contribution in [1.82, 2.24) is 18.6 Å². The van der Waals surface area contributed by atoms with E-state index in [1.165, 1.54) is 31.3 Å². The summed E-state index contributed by atoms with van der Waals surface area (Å²) >= 11 is 0.990. The van der Waals surface area contributed by atoms with Gasteiger partial charge in [0.2, 0.25) is 21.0 Å². The quantitative estimate of drug-likeness (QED) is 0.389. The first-order valence-electron chi connectivity index (χ1n) is 9.58. The molecule has 0 radical (unpaired) electrons. The van der Waals surface area contributed by atoms with Crippen molar-refractivity contribution in [1.29, 1.82) is 5.26 Å². The Hall–Kier alpha value is -4.25. The Balaban J connectivity index is 1.73.